The molecule has 0 aliphatic carbocycles. The van der Waals surface area contributed by atoms with E-state index in [1.54, 1.807) is 12.3 Å². The molecular formula is C17H20N4O2. The molecule has 1 fully saturated rings. The van der Waals surface area contributed by atoms with Gasteiger partial charge in [-0.2, -0.15) is 5.10 Å². The normalized spacial score (nSPS) is 15.4. The Morgan fingerprint density at radius 2 is 2.09 bits per heavy atom. The summed E-state index contributed by atoms with van der Waals surface area (Å²) in [6.45, 7) is 3.50. The lowest BCUT2D eigenvalue weighted by molar-refractivity contribution is -0.120. The zero-order valence-corrected chi connectivity index (χ0v) is 13.1. The molecule has 1 aliphatic heterocycles. The summed E-state index contributed by atoms with van der Waals surface area (Å²) < 4.78 is 0. The number of anilines is 2. The van der Waals surface area contributed by atoms with Gasteiger partial charge in [-0.1, -0.05) is 12.1 Å². The van der Waals surface area contributed by atoms with Crippen molar-refractivity contribution in [3.8, 4) is 0 Å². The van der Waals surface area contributed by atoms with Gasteiger partial charge in [0.1, 0.15) is 0 Å². The number of nitrogens with zero attached hydrogens (tertiary/aromatic N) is 2. The summed E-state index contributed by atoms with van der Waals surface area (Å²) in [6.07, 6.45) is 3.18. The first-order valence-electron chi connectivity index (χ1n) is 7.79. The first kappa shape index (κ1) is 15.3. The van der Waals surface area contributed by atoms with E-state index in [0.717, 1.165) is 42.9 Å². The molecule has 0 radical (unpaired) electrons. The number of hydrogen-bond donors (Lipinski definition) is 2. The third-order valence-electron chi connectivity index (χ3n) is 4.17. The van der Waals surface area contributed by atoms with Crippen LogP contribution in [0.5, 0.6) is 0 Å². The van der Waals surface area contributed by atoms with Crippen molar-refractivity contribution in [2.45, 2.75) is 19.8 Å². The summed E-state index contributed by atoms with van der Waals surface area (Å²) >= 11 is 0. The number of aromatic amines is 1. The number of carbonyl (C=O) groups excluding carboxylic acids is 1. The Morgan fingerprint density at radius 1 is 1.30 bits per heavy atom. The highest BCUT2D eigenvalue weighted by atomic mass is 16.2. The van der Waals surface area contributed by atoms with Crippen LogP contribution in [0.3, 0.4) is 0 Å². The maximum Gasteiger partial charge on any atom is 0.266 e. The molecule has 0 spiro atoms. The monoisotopic (exact) mass is 312 g/mol. The van der Waals surface area contributed by atoms with Crippen LogP contribution in [0, 0.1) is 12.8 Å². The van der Waals surface area contributed by atoms with Gasteiger partial charge in [0.05, 0.1) is 11.9 Å². The maximum absolute atomic E-state index is 12.4. The predicted octanol–water partition coefficient (Wildman–Crippen LogP) is 1.93. The van der Waals surface area contributed by atoms with Crippen molar-refractivity contribution < 1.29 is 4.79 Å². The van der Waals surface area contributed by atoms with Crippen LogP contribution in [0.1, 0.15) is 18.4 Å². The van der Waals surface area contributed by atoms with Crippen LogP contribution in [-0.4, -0.2) is 29.2 Å². The van der Waals surface area contributed by atoms with E-state index in [-0.39, 0.29) is 17.4 Å². The molecule has 1 aliphatic rings. The van der Waals surface area contributed by atoms with Gasteiger partial charge in [-0.25, -0.2) is 5.10 Å². The minimum absolute atomic E-state index is 0.00159. The molecule has 1 aromatic carbocycles. The maximum atomic E-state index is 12.4. The summed E-state index contributed by atoms with van der Waals surface area (Å²) in [6, 6.07) is 9.36. The molecule has 23 heavy (non-hydrogen) atoms. The minimum Gasteiger partial charge on any atom is -0.370 e. The second-order valence-corrected chi connectivity index (χ2v) is 5.92. The lowest BCUT2D eigenvalue weighted by atomic mass is 9.95. The van der Waals surface area contributed by atoms with E-state index in [9.17, 15) is 9.59 Å². The Bertz CT molecular complexity index is 748. The molecule has 120 valence electrons. The third kappa shape index (κ3) is 3.77. The van der Waals surface area contributed by atoms with E-state index in [1.807, 2.05) is 31.2 Å². The molecule has 3 rings (SSSR count). The molecule has 1 aromatic heterocycles. The molecule has 0 unspecified atom stereocenters. The molecule has 0 bridgehead atoms. The van der Waals surface area contributed by atoms with Gasteiger partial charge in [0.2, 0.25) is 5.91 Å². The number of H-pyrrole nitrogens is 1. The number of rotatable bonds is 3. The largest absolute Gasteiger partial charge is 0.370 e. The Balaban J connectivity index is 1.58. The topological polar surface area (TPSA) is 78.1 Å². The lowest BCUT2D eigenvalue weighted by Gasteiger charge is -2.32. The fraction of sp³-hybridized carbons (Fsp3) is 0.353. The van der Waals surface area contributed by atoms with Gasteiger partial charge in [0.25, 0.3) is 5.56 Å². The fourth-order valence-electron chi connectivity index (χ4n) is 2.91. The number of nitrogens with one attached hydrogen (secondary N) is 2. The van der Waals surface area contributed by atoms with E-state index in [1.165, 1.54) is 0 Å². The van der Waals surface area contributed by atoms with E-state index in [4.69, 9.17) is 0 Å². The van der Waals surface area contributed by atoms with Gasteiger partial charge in [0.15, 0.2) is 0 Å². The average molecular weight is 312 g/mol. The van der Waals surface area contributed by atoms with Crippen molar-refractivity contribution in [2.75, 3.05) is 23.3 Å². The Labute approximate surface area is 134 Å². The van der Waals surface area contributed by atoms with Crippen molar-refractivity contribution >= 4 is 17.3 Å². The fourth-order valence-corrected chi connectivity index (χ4v) is 2.91. The van der Waals surface area contributed by atoms with Gasteiger partial charge in [-0.3, -0.25) is 9.59 Å². The molecule has 1 saturated heterocycles. The Morgan fingerprint density at radius 3 is 2.78 bits per heavy atom. The average Bonchev–Trinajstić information content (AvgIpc) is 2.55. The van der Waals surface area contributed by atoms with E-state index in [0.29, 0.717) is 0 Å². The van der Waals surface area contributed by atoms with Gasteiger partial charge < -0.3 is 10.2 Å². The van der Waals surface area contributed by atoms with Crippen molar-refractivity contribution in [3.63, 3.8) is 0 Å². The smallest absolute Gasteiger partial charge is 0.266 e. The molecule has 2 N–H and O–H groups in total. The van der Waals surface area contributed by atoms with Crippen LogP contribution in [0.2, 0.25) is 0 Å². The van der Waals surface area contributed by atoms with Crippen LogP contribution in [0.15, 0.2) is 41.3 Å². The van der Waals surface area contributed by atoms with Crippen LogP contribution in [-0.2, 0) is 4.79 Å². The van der Waals surface area contributed by atoms with Gasteiger partial charge in [-0.05, 0) is 37.5 Å². The lowest BCUT2D eigenvalue weighted by Crippen LogP contribution is -2.38. The third-order valence-corrected chi connectivity index (χ3v) is 4.17. The second kappa shape index (κ2) is 6.64. The Hall–Kier alpha value is -2.63. The van der Waals surface area contributed by atoms with Gasteiger partial charge in [-0.15, -0.1) is 0 Å². The summed E-state index contributed by atoms with van der Waals surface area (Å²) in [5.41, 5.74) is 2.57. The van der Waals surface area contributed by atoms with Crippen molar-refractivity contribution in [3.05, 3.63) is 52.4 Å². The number of amides is 1. The highest BCUT2D eigenvalue weighted by Crippen LogP contribution is 2.23. The first-order valence-corrected chi connectivity index (χ1v) is 7.79. The molecular weight excluding hydrogens is 292 g/mol. The zero-order valence-electron chi connectivity index (χ0n) is 13.1. The number of aromatic nitrogens is 2. The molecule has 6 nitrogen and oxygen atoms in total. The number of benzene rings is 1. The van der Waals surface area contributed by atoms with Crippen LogP contribution >= 0.6 is 0 Å². The molecule has 2 heterocycles. The molecule has 0 saturated carbocycles. The molecule has 6 heteroatoms. The highest BCUT2D eigenvalue weighted by Gasteiger charge is 2.25. The number of carbonyl (C=O) groups is 1. The first-order chi connectivity index (χ1) is 11.1. The van der Waals surface area contributed by atoms with Crippen molar-refractivity contribution in [1.29, 1.82) is 0 Å². The minimum atomic E-state index is -0.207. The summed E-state index contributed by atoms with van der Waals surface area (Å²) in [7, 11) is 0. The molecule has 0 atom stereocenters. The number of hydrogen-bond acceptors (Lipinski definition) is 4. The van der Waals surface area contributed by atoms with Crippen LogP contribution in [0.4, 0.5) is 11.4 Å². The van der Waals surface area contributed by atoms with E-state index >= 15 is 0 Å². The van der Waals surface area contributed by atoms with Crippen LogP contribution < -0.4 is 15.8 Å². The van der Waals surface area contributed by atoms with Gasteiger partial charge >= 0.3 is 0 Å². The van der Waals surface area contributed by atoms with E-state index in [2.05, 4.69) is 20.4 Å². The standard InChI is InChI=1S/C17H20N4O2/c1-12-3-2-4-14(9-12)19-17(23)13-5-7-21(8-6-13)15-10-16(22)20-18-11-15/h2-4,9-11,13H,5-8H2,1H3,(H,19,23)(H,20,22). The Kier molecular flexibility index (Phi) is 4.41. The SMILES string of the molecule is Cc1cccc(NC(=O)C2CCN(c3cn[nH]c(=O)c3)CC2)c1. The molecule has 1 amide bonds. The van der Waals surface area contributed by atoms with E-state index < -0.39 is 0 Å². The predicted molar refractivity (Wildman–Crippen MR) is 89.6 cm³/mol. The number of piperidine rings is 1. The number of aryl methyl sites for hydroxylation is 1. The summed E-state index contributed by atoms with van der Waals surface area (Å²) in [4.78, 5) is 25.8. The molecule has 2 aromatic rings. The van der Waals surface area contributed by atoms with Crippen molar-refractivity contribution in [2.24, 2.45) is 5.92 Å². The van der Waals surface area contributed by atoms with Crippen molar-refractivity contribution in [1.82, 2.24) is 10.2 Å². The summed E-state index contributed by atoms with van der Waals surface area (Å²) in [5.74, 6) is 0.0704. The highest BCUT2D eigenvalue weighted by molar-refractivity contribution is 5.92. The van der Waals surface area contributed by atoms with Gasteiger partial charge in [0, 0.05) is 30.8 Å². The zero-order chi connectivity index (χ0) is 16.2. The quantitative estimate of drug-likeness (QED) is 0.908. The second-order valence-electron chi connectivity index (χ2n) is 5.92. The summed E-state index contributed by atoms with van der Waals surface area (Å²) in [5, 5.41) is 9.18. The van der Waals surface area contributed by atoms with Crippen LogP contribution in [0.25, 0.3) is 0 Å².